The molecule has 2 amide bonds. The van der Waals surface area contributed by atoms with Crippen LogP contribution < -0.4 is 4.74 Å². The number of nitrogens with zero attached hydrogens (tertiary/aromatic N) is 1. The van der Waals surface area contributed by atoms with E-state index in [1.54, 1.807) is 30.3 Å². The van der Waals surface area contributed by atoms with Crippen LogP contribution in [0.2, 0.25) is 0 Å². The Hall–Kier alpha value is -5.03. The molecule has 2 N–H and O–H groups in total. The first-order chi connectivity index (χ1) is 25.1. The monoisotopic (exact) mass is 805 g/mol. The van der Waals surface area contributed by atoms with E-state index in [1.807, 2.05) is 95.4 Å². The van der Waals surface area contributed by atoms with E-state index in [9.17, 15) is 19.8 Å². The molecule has 0 aromatic heterocycles. The van der Waals surface area contributed by atoms with E-state index in [2.05, 4.69) is 0 Å². The lowest BCUT2D eigenvalue weighted by molar-refractivity contribution is -0.140. The van der Waals surface area contributed by atoms with Gasteiger partial charge < -0.3 is 14.9 Å². The van der Waals surface area contributed by atoms with Crippen LogP contribution in [0.1, 0.15) is 41.0 Å². The Kier molecular flexibility index (Phi) is 8.64. The second kappa shape index (κ2) is 13.2. The van der Waals surface area contributed by atoms with Crippen molar-refractivity contribution >= 4 is 51.5 Å². The maximum absolute atomic E-state index is 15.2. The molecule has 2 fully saturated rings. The van der Waals surface area contributed by atoms with Crippen LogP contribution in [0.25, 0.3) is 5.57 Å². The number of imide groups is 1. The SMILES string of the molecule is COc1cc([C@H]2C3=CC[C@@H]4C(=O)N(CCc5ccc(O)cc5)C(=O)[C@@H]4[C@@H]3C[C@H]3C(=O)C(c4ccccc4)=CC(=O)[C@@]23c2ccccc2)cc(I)c1O. The van der Waals surface area contributed by atoms with E-state index < -0.39 is 35.0 Å². The van der Waals surface area contributed by atoms with Gasteiger partial charge in [0.1, 0.15) is 5.75 Å². The molecule has 0 spiro atoms. The fourth-order valence-electron chi connectivity index (χ4n) is 9.35. The Bertz CT molecular complexity index is 2180. The van der Waals surface area contributed by atoms with Gasteiger partial charge in [-0.2, -0.15) is 0 Å². The summed E-state index contributed by atoms with van der Waals surface area (Å²) in [5, 5.41) is 20.6. The van der Waals surface area contributed by atoms with Gasteiger partial charge in [0.15, 0.2) is 23.1 Å². The molecular formula is C43H36INO7. The maximum atomic E-state index is 15.2. The first-order valence-electron chi connectivity index (χ1n) is 17.5. The van der Waals surface area contributed by atoms with Crippen molar-refractivity contribution in [2.45, 2.75) is 30.6 Å². The number of halogens is 1. The van der Waals surface area contributed by atoms with E-state index in [0.717, 1.165) is 11.1 Å². The Morgan fingerprint density at radius 2 is 1.56 bits per heavy atom. The number of rotatable bonds is 7. The summed E-state index contributed by atoms with van der Waals surface area (Å²) in [6, 6.07) is 28.9. The van der Waals surface area contributed by atoms with Crippen LogP contribution in [-0.2, 0) is 31.0 Å². The minimum atomic E-state index is -1.37. The number of aromatic hydroxyl groups is 2. The van der Waals surface area contributed by atoms with Gasteiger partial charge in [0.25, 0.3) is 0 Å². The third-order valence-corrected chi connectivity index (χ3v) is 12.5. The first-order valence-corrected chi connectivity index (χ1v) is 18.5. The largest absolute Gasteiger partial charge is 0.508 e. The van der Waals surface area contributed by atoms with Gasteiger partial charge in [-0.1, -0.05) is 84.4 Å². The number of likely N-dealkylation sites (tertiary alicyclic amines) is 1. The second-order valence-electron chi connectivity index (χ2n) is 14.1. The van der Waals surface area contributed by atoms with Gasteiger partial charge in [-0.15, -0.1) is 0 Å². The Labute approximate surface area is 315 Å². The fourth-order valence-corrected chi connectivity index (χ4v) is 9.98. The second-order valence-corrected chi connectivity index (χ2v) is 15.2. The van der Waals surface area contributed by atoms with E-state index in [0.29, 0.717) is 38.7 Å². The summed E-state index contributed by atoms with van der Waals surface area (Å²) < 4.78 is 6.14. The molecule has 9 heteroatoms. The highest BCUT2D eigenvalue weighted by molar-refractivity contribution is 14.1. The molecule has 1 saturated heterocycles. The number of benzene rings is 4. The van der Waals surface area contributed by atoms with Gasteiger partial charge >= 0.3 is 0 Å². The molecule has 8 nitrogen and oxygen atoms in total. The number of allylic oxidation sites excluding steroid dienone is 4. The zero-order chi connectivity index (χ0) is 36.3. The molecule has 4 aromatic carbocycles. The average molecular weight is 806 g/mol. The maximum Gasteiger partial charge on any atom is 0.233 e. The molecule has 4 aliphatic rings. The zero-order valence-electron chi connectivity index (χ0n) is 28.4. The molecule has 0 radical (unpaired) electrons. The predicted octanol–water partition coefficient (Wildman–Crippen LogP) is 6.78. The molecule has 0 unspecified atom stereocenters. The van der Waals surface area contributed by atoms with Gasteiger partial charge in [0.05, 0.1) is 27.9 Å². The summed E-state index contributed by atoms with van der Waals surface area (Å²) in [5.41, 5.74) is 2.73. The Morgan fingerprint density at radius 1 is 0.865 bits per heavy atom. The van der Waals surface area contributed by atoms with Crippen molar-refractivity contribution in [3.05, 3.63) is 141 Å². The van der Waals surface area contributed by atoms with Crippen molar-refractivity contribution in [3.63, 3.8) is 0 Å². The normalized spacial score (nSPS) is 26.7. The van der Waals surface area contributed by atoms with Crippen LogP contribution in [0.4, 0.5) is 0 Å². The van der Waals surface area contributed by atoms with Crippen molar-refractivity contribution in [1.82, 2.24) is 4.90 Å². The summed E-state index contributed by atoms with van der Waals surface area (Å²) in [6.07, 6.45) is 4.51. The van der Waals surface area contributed by atoms with Gasteiger partial charge in [-0.3, -0.25) is 24.1 Å². The number of methoxy groups -OCH3 is 1. The number of Topliss-reactive ketones (excluding diaryl/α,β-unsaturated/α-hetero) is 1. The number of hydrogen-bond donors (Lipinski definition) is 2. The number of hydrogen-bond acceptors (Lipinski definition) is 7. The quantitative estimate of drug-likeness (QED) is 0.120. The average Bonchev–Trinajstić information content (AvgIpc) is 3.41. The third kappa shape index (κ3) is 5.23. The lowest BCUT2D eigenvalue weighted by atomic mass is 9.44. The predicted molar refractivity (Wildman–Crippen MR) is 202 cm³/mol. The van der Waals surface area contributed by atoms with Crippen molar-refractivity contribution in [2.75, 3.05) is 13.7 Å². The number of fused-ring (bicyclic) bond motifs is 4. The summed E-state index contributed by atoms with van der Waals surface area (Å²) in [7, 11) is 1.47. The zero-order valence-corrected chi connectivity index (χ0v) is 30.5. The van der Waals surface area contributed by atoms with Crippen LogP contribution >= 0.6 is 22.6 Å². The molecule has 1 saturated carbocycles. The van der Waals surface area contributed by atoms with Gasteiger partial charge in [0, 0.05) is 24.0 Å². The van der Waals surface area contributed by atoms with Crippen molar-refractivity contribution in [3.8, 4) is 17.2 Å². The number of amides is 2. The van der Waals surface area contributed by atoms with Gasteiger partial charge in [-0.25, -0.2) is 0 Å². The molecule has 262 valence electrons. The lowest BCUT2D eigenvalue weighted by Gasteiger charge is -2.55. The van der Waals surface area contributed by atoms with Crippen molar-refractivity contribution in [1.29, 1.82) is 0 Å². The van der Waals surface area contributed by atoms with Gasteiger partial charge in [0.2, 0.25) is 11.8 Å². The number of phenolic OH excluding ortho intramolecular Hbond substituents is 2. The van der Waals surface area contributed by atoms with E-state index in [4.69, 9.17) is 4.74 Å². The van der Waals surface area contributed by atoms with E-state index in [1.165, 1.54) is 18.1 Å². The van der Waals surface area contributed by atoms with Crippen molar-refractivity contribution < 1.29 is 34.1 Å². The minimum absolute atomic E-state index is 0.0275. The fraction of sp³-hybridized carbons (Fsp3) is 0.256. The number of carbonyl (C=O) groups is 4. The highest BCUT2D eigenvalue weighted by Gasteiger charge is 2.66. The van der Waals surface area contributed by atoms with E-state index >= 15 is 9.59 Å². The summed E-state index contributed by atoms with van der Waals surface area (Å²) in [4.78, 5) is 60.1. The summed E-state index contributed by atoms with van der Waals surface area (Å²) in [5.74, 6) is -3.87. The number of carbonyl (C=O) groups excluding carboxylic acids is 4. The van der Waals surface area contributed by atoms with Crippen LogP contribution in [0.15, 0.2) is 115 Å². The Balaban J connectivity index is 1.30. The first kappa shape index (κ1) is 34.1. The molecule has 0 bridgehead atoms. The standard InChI is InChI=1S/C43H36INO7/c1-52-35-21-26(20-34(44)40(35)49)38-29-16-17-30-37(42(51)45(41(30)50)19-18-24-12-14-28(46)15-13-24)32(29)22-33-39(48)31(25-8-4-2-5-9-25)23-36(47)43(33,38)27-10-6-3-7-11-27/h2-16,20-21,23,30,32-33,37-38,46,49H,17-19,22H2,1H3/t30-,32+,33-,37-,38-,43-/m0/s1. The molecule has 6 atom stereocenters. The van der Waals surface area contributed by atoms with Crippen LogP contribution in [0.5, 0.6) is 17.2 Å². The van der Waals surface area contributed by atoms with Crippen LogP contribution in [0, 0.1) is 27.2 Å². The smallest absolute Gasteiger partial charge is 0.233 e. The highest BCUT2D eigenvalue weighted by Crippen LogP contribution is 2.64. The third-order valence-electron chi connectivity index (χ3n) is 11.6. The molecule has 8 rings (SSSR count). The van der Waals surface area contributed by atoms with Crippen molar-refractivity contribution in [2.24, 2.45) is 23.7 Å². The highest BCUT2D eigenvalue weighted by atomic mass is 127. The molecule has 3 aliphatic carbocycles. The topological polar surface area (TPSA) is 121 Å². The minimum Gasteiger partial charge on any atom is -0.508 e. The van der Waals surface area contributed by atoms with Crippen LogP contribution in [0.3, 0.4) is 0 Å². The number of ether oxygens (including phenoxy) is 1. The van der Waals surface area contributed by atoms with Gasteiger partial charge in [-0.05, 0) is 100 Å². The molecule has 4 aromatic rings. The number of phenols is 2. The Morgan fingerprint density at radius 3 is 2.25 bits per heavy atom. The van der Waals surface area contributed by atoms with Crippen LogP contribution in [-0.4, -0.2) is 52.1 Å². The molecular weight excluding hydrogens is 769 g/mol. The molecule has 52 heavy (non-hydrogen) atoms. The summed E-state index contributed by atoms with van der Waals surface area (Å²) in [6.45, 7) is 0.198. The van der Waals surface area contributed by atoms with E-state index in [-0.39, 0.29) is 53.6 Å². The summed E-state index contributed by atoms with van der Waals surface area (Å²) >= 11 is 2.05. The number of ketones is 2. The molecule has 1 heterocycles. The lowest BCUT2D eigenvalue weighted by Crippen LogP contribution is -2.58. The molecule has 1 aliphatic heterocycles.